The van der Waals surface area contributed by atoms with Crippen LogP contribution in [0.5, 0.6) is 5.75 Å². The van der Waals surface area contributed by atoms with E-state index in [4.69, 9.17) is 25.1 Å². The zero-order chi connectivity index (χ0) is 34.6. The summed E-state index contributed by atoms with van der Waals surface area (Å²) in [6.45, 7) is 4.38. The van der Waals surface area contributed by atoms with E-state index in [9.17, 15) is 0 Å². The van der Waals surface area contributed by atoms with E-state index in [1.165, 1.54) is 5.56 Å². The number of ether oxygens (including phenoxy) is 1. The largest absolute Gasteiger partial charge is 0.488 e. The van der Waals surface area contributed by atoms with Crippen LogP contribution in [-0.4, -0.2) is 43.7 Å². The number of hydrogen-bond acceptors (Lipinski definition) is 6. The molecule has 0 atom stereocenters. The molecule has 3 heterocycles. The van der Waals surface area contributed by atoms with Gasteiger partial charge >= 0.3 is 0 Å². The molecule has 0 fully saturated rings. The predicted octanol–water partition coefficient (Wildman–Crippen LogP) is 8.37. The molecule has 252 valence electrons. The molecule has 5 aromatic carbocycles. The van der Waals surface area contributed by atoms with Crippen molar-refractivity contribution in [3.8, 4) is 28.3 Å². The molecule has 7 aromatic rings. The number of nitrogens with zero attached hydrogens (tertiary/aromatic N) is 6. The molecule has 0 N–H and O–H groups in total. The number of fused-ring (bicyclic) bond motifs is 1. The highest BCUT2D eigenvalue weighted by Gasteiger charge is 2.41. The summed E-state index contributed by atoms with van der Waals surface area (Å²) in [6.07, 6.45) is 1.80. The van der Waals surface area contributed by atoms with E-state index in [1.807, 2.05) is 24.3 Å². The first-order valence-electron chi connectivity index (χ1n) is 17.6. The Bertz CT molecular complexity index is 2140. The fourth-order valence-corrected chi connectivity index (χ4v) is 7.23. The van der Waals surface area contributed by atoms with Crippen molar-refractivity contribution in [3.05, 3.63) is 185 Å². The first kappa shape index (κ1) is 32.3. The van der Waals surface area contributed by atoms with Gasteiger partial charge in [0.2, 0.25) is 5.82 Å². The van der Waals surface area contributed by atoms with Crippen LogP contribution >= 0.6 is 0 Å². The second kappa shape index (κ2) is 14.1. The van der Waals surface area contributed by atoms with Gasteiger partial charge in [0.25, 0.3) is 0 Å². The van der Waals surface area contributed by atoms with E-state index < -0.39 is 5.54 Å². The molecule has 0 radical (unpaired) electrons. The summed E-state index contributed by atoms with van der Waals surface area (Å²) >= 11 is 0. The smallest absolute Gasteiger partial charge is 0.205 e. The van der Waals surface area contributed by atoms with Crippen LogP contribution in [0.2, 0.25) is 0 Å². The van der Waals surface area contributed by atoms with Crippen molar-refractivity contribution in [3.63, 3.8) is 0 Å². The van der Waals surface area contributed by atoms with Crippen molar-refractivity contribution >= 4 is 0 Å². The second-order valence-corrected chi connectivity index (χ2v) is 13.1. The maximum Gasteiger partial charge on any atom is 0.205 e. The molecule has 0 bridgehead atoms. The molecule has 7 nitrogen and oxygen atoms in total. The number of hydrogen-bond donors (Lipinski definition) is 0. The number of aryl methyl sites for hydroxylation is 1. The van der Waals surface area contributed by atoms with Crippen LogP contribution in [-0.2, 0) is 31.5 Å². The highest BCUT2D eigenvalue weighted by atomic mass is 16.5. The van der Waals surface area contributed by atoms with Gasteiger partial charge in [0.1, 0.15) is 12.4 Å². The SMILES string of the molecule is CCc1cc(OCc2ccc(-c3ccccc3)c(-c3nnn(C(c4ccccc4)(c4ccccc4)c4ccccc4)n3)c2)c2c(n1)CCN(C)C2. The number of likely N-dealkylation sites (N-methyl/N-ethyl adjacent to an activating group) is 1. The van der Waals surface area contributed by atoms with Gasteiger partial charge in [-0.3, -0.25) is 4.98 Å². The Morgan fingerprint density at radius 1 is 0.706 bits per heavy atom. The predicted molar refractivity (Wildman–Crippen MR) is 201 cm³/mol. The Hall–Kier alpha value is -5.92. The zero-order valence-electron chi connectivity index (χ0n) is 29.0. The second-order valence-electron chi connectivity index (χ2n) is 13.1. The summed E-state index contributed by atoms with van der Waals surface area (Å²) in [6, 6.07) is 50.2. The van der Waals surface area contributed by atoms with E-state index in [0.717, 1.165) is 82.0 Å². The van der Waals surface area contributed by atoms with Crippen molar-refractivity contribution in [1.82, 2.24) is 30.1 Å². The van der Waals surface area contributed by atoms with Crippen LogP contribution in [0.4, 0.5) is 0 Å². The van der Waals surface area contributed by atoms with Crippen molar-refractivity contribution in [2.45, 2.75) is 38.5 Å². The van der Waals surface area contributed by atoms with Crippen LogP contribution in [0.25, 0.3) is 22.5 Å². The van der Waals surface area contributed by atoms with Gasteiger partial charge in [-0.1, -0.05) is 140 Å². The van der Waals surface area contributed by atoms with Gasteiger partial charge in [0.05, 0.1) is 5.69 Å². The summed E-state index contributed by atoms with van der Waals surface area (Å²) in [5.74, 6) is 1.46. The molecule has 1 aliphatic heterocycles. The van der Waals surface area contributed by atoms with Gasteiger partial charge in [0.15, 0.2) is 5.54 Å². The van der Waals surface area contributed by atoms with Crippen molar-refractivity contribution in [1.29, 1.82) is 0 Å². The summed E-state index contributed by atoms with van der Waals surface area (Å²) in [5.41, 5.74) is 9.67. The Kier molecular flexibility index (Phi) is 8.95. The molecule has 0 saturated carbocycles. The van der Waals surface area contributed by atoms with Gasteiger partial charge in [-0.05, 0) is 58.1 Å². The van der Waals surface area contributed by atoms with E-state index in [1.54, 1.807) is 4.80 Å². The molecule has 0 unspecified atom stereocenters. The minimum absolute atomic E-state index is 0.404. The average molecular weight is 669 g/mol. The normalized spacial score (nSPS) is 13.1. The minimum atomic E-state index is -0.868. The zero-order valence-corrected chi connectivity index (χ0v) is 29.0. The molecule has 7 heteroatoms. The molecule has 1 aliphatic rings. The van der Waals surface area contributed by atoms with E-state index in [0.29, 0.717) is 12.4 Å². The van der Waals surface area contributed by atoms with Crippen LogP contribution in [0.3, 0.4) is 0 Å². The standard InChI is InChI=1S/C44H40N6O/c1-3-37-29-42(40-30-49(2)27-26-41(40)45-37)51-31-32-24-25-38(33-16-8-4-9-17-33)39(28-32)43-46-48-50(47-43)44(34-18-10-5-11-19-34,35-20-12-6-13-21-35)36-22-14-7-15-23-36/h4-25,28-29H,3,26-27,30-31H2,1-2H3. The number of aromatic nitrogens is 5. The lowest BCUT2D eigenvalue weighted by Gasteiger charge is -2.34. The van der Waals surface area contributed by atoms with Crippen LogP contribution in [0.15, 0.2) is 146 Å². The highest BCUT2D eigenvalue weighted by molar-refractivity contribution is 5.81. The highest BCUT2D eigenvalue weighted by Crippen LogP contribution is 2.41. The average Bonchev–Trinajstić information content (AvgIpc) is 3.69. The quantitative estimate of drug-likeness (QED) is 0.137. The molecular weight excluding hydrogens is 629 g/mol. The van der Waals surface area contributed by atoms with E-state index in [2.05, 4.69) is 140 Å². The number of rotatable bonds is 10. The van der Waals surface area contributed by atoms with Crippen LogP contribution < -0.4 is 4.74 Å². The molecule has 0 amide bonds. The first-order valence-corrected chi connectivity index (χ1v) is 17.6. The number of pyridine rings is 1. The Labute approximate surface area is 299 Å². The number of benzene rings is 5. The van der Waals surface area contributed by atoms with Gasteiger partial charge in [-0.25, -0.2) is 0 Å². The third kappa shape index (κ3) is 6.21. The summed E-state index contributed by atoms with van der Waals surface area (Å²) in [5, 5.41) is 14.9. The van der Waals surface area contributed by atoms with Crippen LogP contribution in [0, 0.1) is 0 Å². The summed E-state index contributed by atoms with van der Waals surface area (Å²) in [7, 11) is 2.15. The third-order valence-electron chi connectivity index (χ3n) is 9.83. The number of tetrazole rings is 1. The maximum absolute atomic E-state index is 6.62. The Morgan fingerprint density at radius 2 is 1.31 bits per heavy atom. The molecule has 0 spiro atoms. The van der Waals surface area contributed by atoms with E-state index in [-0.39, 0.29) is 0 Å². The first-order chi connectivity index (χ1) is 25.1. The Balaban J connectivity index is 1.25. The van der Waals surface area contributed by atoms with E-state index >= 15 is 0 Å². The monoisotopic (exact) mass is 668 g/mol. The maximum atomic E-state index is 6.62. The van der Waals surface area contributed by atoms with Gasteiger partial charge in [-0.2, -0.15) is 0 Å². The topological polar surface area (TPSA) is 69.0 Å². The third-order valence-corrected chi connectivity index (χ3v) is 9.83. The molecule has 0 saturated heterocycles. The summed E-state index contributed by atoms with van der Waals surface area (Å²) in [4.78, 5) is 9.04. The van der Waals surface area contributed by atoms with Gasteiger partial charge in [0, 0.05) is 42.4 Å². The van der Waals surface area contributed by atoms with Gasteiger partial charge in [-0.15, -0.1) is 15.0 Å². The molecular formula is C44H40N6O. The minimum Gasteiger partial charge on any atom is -0.488 e. The Morgan fingerprint density at radius 3 is 1.92 bits per heavy atom. The van der Waals surface area contributed by atoms with Crippen molar-refractivity contribution in [2.24, 2.45) is 0 Å². The van der Waals surface area contributed by atoms with Crippen molar-refractivity contribution < 1.29 is 4.74 Å². The molecule has 2 aromatic heterocycles. The summed E-state index contributed by atoms with van der Waals surface area (Å²) < 4.78 is 6.62. The molecule has 0 aliphatic carbocycles. The lowest BCUT2D eigenvalue weighted by molar-refractivity contribution is 0.272. The fourth-order valence-electron chi connectivity index (χ4n) is 7.23. The lowest BCUT2D eigenvalue weighted by atomic mass is 9.77. The van der Waals surface area contributed by atoms with Crippen molar-refractivity contribution in [2.75, 3.05) is 13.6 Å². The van der Waals surface area contributed by atoms with Gasteiger partial charge < -0.3 is 9.64 Å². The molecule has 51 heavy (non-hydrogen) atoms. The molecule has 8 rings (SSSR count). The lowest BCUT2D eigenvalue weighted by Crippen LogP contribution is -2.39. The fraction of sp³-hybridized carbons (Fsp3) is 0.182. The van der Waals surface area contributed by atoms with Crippen LogP contribution in [0.1, 0.15) is 46.1 Å².